The number of quaternary nitrogens is 1. The Morgan fingerprint density at radius 2 is 1.71 bits per heavy atom. The first-order chi connectivity index (χ1) is 10.2. The van der Waals surface area contributed by atoms with Gasteiger partial charge in [-0.1, -0.05) is 12.1 Å². The van der Waals surface area contributed by atoms with E-state index in [1.807, 2.05) is 0 Å². The molecule has 0 saturated carbocycles. The number of rotatable bonds is 4. The quantitative estimate of drug-likeness (QED) is 0.667. The van der Waals surface area contributed by atoms with E-state index in [-0.39, 0.29) is 18.4 Å². The molecule has 2 N–H and O–H groups in total. The van der Waals surface area contributed by atoms with Crippen molar-refractivity contribution in [2.24, 2.45) is 0 Å². The first-order valence-corrected chi connectivity index (χ1v) is 7.21. The van der Waals surface area contributed by atoms with Gasteiger partial charge in [0.25, 0.3) is 11.8 Å². The van der Waals surface area contributed by atoms with E-state index in [0.29, 0.717) is 30.9 Å². The molecule has 0 radical (unpaired) electrons. The summed E-state index contributed by atoms with van der Waals surface area (Å²) in [6.07, 6.45) is -0.708. The van der Waals surface area contributed by atoms with Gasteiger partial charge in [-0.3, -0.25) is 14.5 Å². The Morgan fingerprint density at radius 3 is 2.29 bits per heavy atom. The Hall–Kier alpha value is -1.76. The minimum atomic E-state index is -0.708. The van der Waals surface area contributed by atoms with E-state index in [4.69, 9.17) is 4.74 Å². The summed E-state index contributed by atoms with van der Waals surface area (Å²) in [5, 5.41) is 10.2. The van der Waals surface area contributed by atoms with E-state index in [0.717, 1.165) is 18.0 Å². The minimum absolute atomic E-state index is 0.0523. The lowest BCUT2D eigenvalue weighted by atomic mass is 10.1. The number of aliphatic hydroxyl groups excluding tert-OH is 1. The van der Waals surface area contributed by atoms with Crippen LogP contribution in [-0.2, 0) is 4.74 Å². The van der Waals surface area contributed by atoms with Crippen LogP contribution in [0.15, 0.2) is 24.3 Å². The number of carbonyl (C=O) groups excluding carboxylic acids is 2. The number of imide groups is 1. The Bertz CT molecular complexity index is 519. The zero-order chi connectivity index (χ0) is 14.8. The molecule has 6 nitrogen and oxygen atoms in total. The fraction of sp³-hybridized carbons (Fsp3) is 0.467. The zero-order valence-corrected chi connectivity index (χ0v) is 11.7. The second-order valence-electron chi connectivity index (χ2n) is 5.49. The van der Waals surface area contributed by atoms with Crippen LogP contribution in [0.1, 0.15) is 20.7 Å². The highest BCUT2D eigenvalue weighted by molar-refractivity contribution is 6.21. The van der Waals surface area contributed by atoms with Gasteiger partial charge in [0, 0.05) is 0 Å². The third kappa shape index (κ3) is 2.83. The molecule has 1 aromatic carbocycles. The van der Waals surface area contributed by atoms with E-state index in [2.05, 4.69) is 0 Å². The van der Waals surface area contributed by atoms with Crippen LogP contribution in [0.25, 0.3) is 0 Å². The van der Waals surface area contributed by atoms with Crippen molar-refractivity contribution in [2.45, 2.75) is 6.10 Å². The van der Waals surface area contributed by atoms with E-state index < -0.39 is 6.10 Å². The molecule has 0 bridgehead atoms. The lowest BCUT2D eigenvalue weighted by Gasteiger charge is -2.27. The number of amides is 2. The van der Waals surface area contributed by atoms with Crippen LogP contribution in [-0.4, -0.2) is 67.3 Å². The molecule has 1 unspecified atom stereocenters. The molecule has 112 valence electrons. The van der Waals surface area contributed by atoms with Crippen molar-refractivity contribution in [1.82, 2.24) is 4.90 Å². The molecule has 1 aromatic rings. The van der Waals surface area contributed by atoms with Gasteiger partial charge in [0.15, 0.2) is 0 Å². The molecular formula is C15H19N2O4+. The number of hydrogen-bond acceptors (Lipinski definition) is 4. The maximum absolute atomic E-state index is 12.2. The molecular weight excluding hydrogens is 272 g/mol. The summed E-state index contributed by atoms with van der Waals surface area (Å²) < 4.78 is 5.27. The summed E-state index contributed by atoms with van der Waals surface area (Å²) >= 11 is 0. The Labute approximate surface area is 122 Å². The van der Waals surface area contributed by atoms with Crippen LogP contribution >= 0.6 is 0 Å². The number of hydrogen-bond donors (Lipinski definition) is 2. The molecule has 0 aliphatic carbocycles. The van der Waals surface area contributed by atoms with Gasteiger partial charge in [-0.25, -0.2) is 0 Å². The van der Waals surface area contributed by atoms with Crippen molar-refractivity contribution in [2.75, 3.05) is 39.4 Å². The largest absolute Gasteiger partial charge is 0.385 e. The second kappa shape index (κ2) is 5.93. The van der Waals surface area contributed by atoms with Crippen molar-refractivity contribution in [3.8, 4) is 0 Å². The van der Waals surface area contributed by atoms with Crippen LogP contribution < -0.4 is 4.90 Å². The summed E-state index contributed by atoms with van der Waals surface area (Å²) in [4.78, 5) is 26.8. The maximum Gasteiger partial charge on any atom is 0.261 e. The topological polar surface area (TPSA) is 71.3 Å². The van der Waals surface area contributed by atoms with Gasteiger partial charge in [0.1, 0.15) is 25.7 Å². The highest BCUT2D eigenvalue weighted by Gasteiger charge is 2.36. The molecule has 1 atom stereocenters. The van der Waals surface area contributed by atoms with Crippen molar-refractivity contribution in [3.63, 3.8) is 0 Å². The van der Waals surface area contributed by atoms with Crippen LogP contribution in [0.4, 0.5) is 0 Å². The molecule has 1 fully saturated rings. The molecule has 6 heteroatoms. The predicted molar refractivity (Wildman–Crippen MR) is 74.2 cm³/mol. The molecule has 2 aliphatic heterocycles. The third-order valence-electron chi connectivity index (χ3n) is 4.00. The average Bonchev–Trinajstić information content (AvgIpc) is 2.74. The number of benzene rings is 1. The average molecular weight is 291 g/mol. The Morgan fingerprint density at radius 1 is 1.14 bits per heavy atom. The molecule has 2 aliphatic rings. The number of nitrogens with zero attached hydrogens (tertiary/aromatic N) is 1. The smallest absolute Gasteiger partial charge is 0.261 e. The molecule has 2 amide bonds. The number of β-amino-alcohol motifs (C(OH)–C–C–N with tert-alkyl or cyclic N) is 1. The van der Waals surface area contributed by atoms with Gasteiger partial charge >= 0.3 is 0 Å². The molecule has 0 spiro atoms. The normalized spacial score (nSPS) is 20.7. The standard InChI is InChI=1S/C15H18N2O4/c18-11(9-16-5-7-21-8-6-16)10-17-14(19)12-3-1-2-4-13(12)15(17)20/h1-4,11,18H,5-10H2/p+1. The lowest BCUT2D eigenvalue weighted by Crippen LogP contribution is -3.15. The highest BCUT2D eigenvalue weighted by atomic mass is 16.5. The van der Waals surface area contributed by atoms with Gasteiger partial charge in [0.2, 0.25) is 0 Å². The number of aliphatic hydroxyl groups is 1. The van der Waals surface area contributed by atoms with Gasteiger partial charge < -0.3 is 14.7 Å². The van der Waals surface area contributed by atoms with Crippen molar-refractivity contribution in [1.29, 1.82) is 0 Å². The number of ether oxygens (including phenoxy) is 1. The molecule has 2 heterocycles. The summed E-state index contributed by atoms with van der Waals surface area (Å²) in [6.45, 7) is 3.65. The van der Waals surface area contributed by atoms with Gasteiger partial charge in [-0.05, 0) is 12.1 Å². The lowest BCUT2D eigenvalue weighted by molar-refractivity contribution is -0.910. The zero-order valence-electron chi connectivity index (χ0n) is 11.7. The number of carbonyl (C=O) groups is 2. The molecule has 3 rings (SSSR count). The van der Waals surface area contributed by atoms with Gasteiger partial charge in [0.05, 0.1) is 30.9 Å². The first-order valence-electron chi connectivity index (χ1n) is 7.21. The van der Waals surface area contributed by atoms with Crippen LogP contribution in [0.5, 0.6) is 0 Å². The summed E-state index contributed by atoms with van der Waals surface area (Å²) in [6, 6.07) is 6.77. The highest BCUT2D eigenvalue weighted by Crippen LogP contribution is 2.22. The maximum atomic E-state index is 12.2. The van der Waals surface area contributed by atoms with E-state index in [1.54, 1.807) is 24.3 Å². The fourth-order valence-corrected chi connectivity index (χ4v) is 2.88. The van der Waals surface area contributed by atoms with E-state index >= 15 is 0 Å². The van der Waals surface area contributed by atoms with Crippen LogP contribution in [0.2, 0.25) is 0 Å². The Balaban J connectivity index is 1.63. The van der Waals surface area contributed by atoms with Crippen molar-refractivity contribution in [3.05, 3.63) is 35.4 Å². The second-order valence-corrected chi connectivity index (χ2v) is 5.49. The third-order valence-corrected chi connectivity index (χ3v) is 4.00. The van der Waals surface area contributed by atoms with Crippen LogP contribution in [0.3, 0.4) is 0 Å². The van der Waals surface area contributed by atoms with E-state index in [1.165, 1.54) is 4.90 Å². The SMILES string of the molecule is O=C1c2ccccc2C(=O)N1CC(O)C[NH+]1CCOCC1. The van der Waals surface area contributed by atoms with Crippen molar-refractivity contribution < 1.29 is 24.3 Å². The fourth-order valence-electron chi connectivity index (χ4n) is 2.88. The molecule has 0 aromatic heterocycles. The van der Waals surface area contributed by atoms with Crippen molar-refractivity contribution >= 4 is 11.8 Å². The summed E-state index contributed by atoms with van der Waals surface area (Å²) in [7, 11) is 0. The molecule has 1 saturated heterocycles. The first kappa shape index (κ1) is 14.2. The number of fused-ring (bicyclic) bond motifs is 1. The monoisotopic (exact) mass is 291 g/mol. The molecule has 21 heavy (non-hydrogen) atoms. The predicted octanol–water partition coefficient (Wildman–Crippen LogP) is -1.44. The van der Waals surface area contributed by atoms with Gasteiger partial charge in [-0.15, -0.1) is 0 Å². The minimum Gasteiger partial charge on any atom is -0.385 e. The number of nitrogens with one attached hydrogen (secondary N) is 1. The number of morpholine rings is 1. The van der Waals surface area contributed by atoms with E-state index in [9.17, 15) is 14.7 Å². The van der Waals surface area contributed by atoms with Crippen LogP contribution in [0, 0.1) is 0 Å². The Kier molecular flexibility index (Phi) is 4.01. The van der Waals surface area contributed by atoms with Gasteiger partial charge in [-0.2, -0.15) is 0 Å². The summed E-state index contributed by atoms with van der Waals surface area (Å²) in [5.74, 6) is -0.627. The summed E-state index contributed by atoms with van der Waals surface area (Å²) in [5.41, 5.74) is 0.849.